The van der Waals surface area contributed by atoms with E-state index in [4.69, 9.17) is 10.7 Å². The molecule has 9 heteroatoms. The van der Waals surface area contributed by atoms with Crippen LogP contribution in [0.4, 0.5) is 0 Å². The van der Waals surface area contributed by atoms with Crippen LogP contribution in [0, 0.1) is 34.5 Å². The number of rotatable bonds is 7. The van der Waals surface area contributed by atoms with E-state index in [0.717, 1.165) is 88.6 Å². The van der Waals surface area contributed by atoms with E-state index >= 15 is 0 Å². The number of aliphatic imine (C=N–C) groups is 1. The molecule has 1 aromatic rings. The molecule has 0 saturated heterocycles. The van der Waals surface area contributed by atoms with E-state index in [1.54, 1.807) is 0 Å². The van der Waals surface area contributed by atoms with Crippen molar-refractivity contribution in [1.82, 2.24) is 10.6 Å². The average Bonchev–Trinajstić information content (AvgIpc) is 3.38. The molecule has 6 N–H and O–H groups in total. The molecule has 252 valence electrons. The van der Waals surface area contributed by atoms with Gasteiger partial charge in [0.2, 0.25) is 0 Å². The molecule has 1 aromatic carbocycles. The molecule has 7 nitrogen and oxygen atoms in total. The summed E-state index contributed by atoms with van der Waals surface area (Å²) in [5.74, 6) is 3.73. The van der Waals surface area contributed by atoms with Gasteiger partial charge in [-0.3, -0.25) is 9.79 Å². The maximum absolute atomic E-state index is 14.2. The number of nitrogens with zero attached hydrogens (tertiary/aromatic N) is 1. The highest BCUT2D eigenvalue weighted by atomic mass is 33.1. The molecular formula is C37H54N4O3S2. The van der Waals surface area contributed by atoms with Crippen LogP contribution in [-0.4, -0.2) is 65.3 Å². The maximum atomic E-state index is 14.2. The monoisotopic (exact) mass is 666 g/mol. The van der Waals surface area contributed by atoms with Gasteiger partial charge < -0.3 is 26.6 Å². The summed E-state index contributed by atoms with van der Waals surface area (Å²) in [5.41, 5.74) is 11.5. The Balaban J connectivity index is 1.25. The zero-order valence-electron chi connectivity index (χ0n) is 27.7. The third kappa shape index (κ3) is 5.12. The lowest BCUT2D eigenvalue weighted by atomic mass is 9.47. The number of hydrogen-bond donors (Lipinski definition) is 5. The number of Topliss-reactive ketones (excluding diaryl/α,β-unsaturated/α-hetero) is 1. The Kier molecular flexibility index (Phi) is 9.38. The summed E-state index contributed by atoms with van der Waals surface area (Å²) in [5, 5.41) is 28.0. The van der Waals surface area contributed by atoms with Crippen LogP contribution < -0.4 is 16.4 Å². The lowest BCUT2D eigenvalue weighted by molar-refractivity contribution is -0.125. The first-order valence-corrected chi connectivity index (χ1v) is 20.3. The summed E-state index contributed by atoms with van der Waals surface area (Å²) in [6.45, 7) is 4.46. The molecular weight excluding hydrogens is 613 g/mol. The molecule has 7 rings (SSSR count). The van der Waals surface area contributed by atoms with Gasteiger partial charge in [0.15, 0.2) is 11.7 Å². The first kappa shape index (κ1) is 33.0. The minimum atomic E-state index is -0.172. The Hall–Kier alpha value is -1.52. The number of benzene rings is 1. The van der Waals surface area contributed by atoms with Crippen molar-refractivity contribution < 1.29 is 15.0 Å². The topological polar surface area (TPSA) is 120 Å². The molecule has 2 aliphatic heterocycles. The number of guanidine groups is 1. The number of ketones is 1. The fraction of sp³-hybridized carbons (Fsp3) is 0.730. The zero-order valence-corrected chi connectivity index (χ0v) is 29.4. The number of carbonyl (C=O) groups is 1. The summed E-state index contributed by atoms with van der Waals surface area (Å²) in [6.07, 6.45) is 10.4. The van der Waals surface area contributed by atoms with E-state index in [0.29, 0.717) is 41.2 Å². The molecule has 0 unspecified atom stereocenters. The molecule has 46 heavy (non-hydrogen) atoms. The standard InChI is InChI=1S/C37H54N4O3S2/c1-35-13-15-45-46-33-11-10-27(24-7-3-6-23(16-24)20-39-2)31-21-40-34(38)41-37(31,33)12-4-8-28-30-18-26(35)17-25(22-43)29(9-5-14-42)36(30,35)19-32(28)44/h3,6-7,16,25-27,29,31,33,39,42-43H,4-5,8-15,17-22H2,1-2H3,(H3,38,40,41)/t25-,26-,27-,29-,31+,33+,35+,36+,37-/m1/s1. The third-order valence-electron chi connectivity index (χ3n) is 13.7. The molecule has 0 amide bonds. The van der Waals surface area contributed by atoms with E-state index in [9.17, 15) is 15.0 Å². The van der Waals surface area contributed by atoms with Gasteiger partial charge in [-0.05, 0) is 117 Å². The Morgan fingerprint density at radius 2 is 2.09 bits per heavy atom. The van der Waals surface area contributed by atoms with Gasteiger partial charge in [0.1, 0.15) is 0 Å². The van der Waals surface area contributed by atoms with Gasteiger partial charge in [0.05, 0.1) is 5.54 Å². The van der Waals surface area contributed by atoms with Crippen molar-refractivity contribution in [1.29, 1.82) is 0 Å². The number of nitrogens with one attached hydrogen (secondary N) is 2. The Morgan fingerprint density at radius 1 is 1.22 bits per heavy atom. The van der Waals surface area contributed by atoms with Crippen LogP contribution in [0.3, 0.4) is 0 Å². The highest BCUT2D eigenvalue weighted by molar-refractivity contribution is 8.77. The van der Waals surface area contributed by atoms with Crippen LogP contribution in [0.1, 0.15) is 94.6 Å². The number of nitrogens with two attached hydrogens (primary N) is 1. The van der Waals surface area contributed by atoms with Crippen LogP contribution in [-0.2, 0) is 11.3 Å². The predicted molar refractivity (Wildman–Crippen MR) is 190 cm³/mol. The normalized spacial score (nSPS) is 40.6. The SMILES string of the molecule is CNCc1cccc([C@H]2CC[C@@H]3SSCC[C@@]4(C)[C@H]5CC6=C(CCC[C@]37NC(N)=NC[C@@H]27)C(=O)C[C@]64[C@H](CCCO)[C@@H](CO)C5)c1. The zero-order chi connectivity index (χ0) is 32.1. The van der Waals surface area contributed by atoms with E-state index in [2.05, 4.69) is 52.6 Å². The molecule has 2 heterocycles. The second-order valence-electron chi connectivity index (χ2n) is 15.5. The minimum absolute atomic E-state index is 0.0452. The van der Waals surface area contributed by atoms with Crippen molar-refractivity contribution in [2.24, 2.45) is 45.2 Å². The first-order valence-electron chi connectivity index (χ1n) is 17.9. The quantitative estimate of drug-likeness (QED) is 0.240. The molecule has 4 aliphatic carbocycles. The summed E-state index contributed by atoms with van der Waals surface area (Å²) in [4.78, 5) is 19.0. The van der Waals surface area contributed by atoms with Crippen molar-refractivity contribution in [3.05, 3.63) is 46.5 Å². The Morgan fingerprint density at radius 3 is 2.89 bits per heavy atom. The van der Waals surface area contributed by atoms with Crippen LogP contribution in [0.25, 0.3) is 0 Å². The molecule has 3 fully saturated rings. The summed E-state index contributed by atoms with van der Waals surface area (Å²) in [6, 6.07) is 9.12. The van der Waals surface area contributed by atoms with Crippen LogP contribution >= 0.6 is 21.6 Å². The second kappa shape index (κ2) is 13.1. The third-order valence-corrected chi connectivity index (χ3v) is 16.7. The smallest absolute Gasteiger partial charge is 0.189 e. The Bertz CT molecular complexity index is 1390. The molecule has 0 aromatic heterocycles. The van der Waals surface area contributed by atoms with Gasteiger partial charge in [-0.2, -0.15) is 0 Å². The largest absolute Gasteiger partial charge is 0.396 e. The lowest BCUT2D eigenvalue weighted by Gasteiger charge is -2.57. The number of carbonyl (C=O) groups excluding carboxylic acids is 1. The molecule has 5 bridgehead atoms. The highest BCUT2D eigenvalue weighted by Gasteiger charge is 2.69. The van der Waals surface area contributed by atoms with Crippen molar-refractivity contribution in [2.45, 2.75) is 101 Å². The van der Waals surface area contributed by atoms with Gasteiger partial charge in [-0.15, -0.1) is 0 Å². The second-order valence-corrected chi connectivity index (χ2v) is 18.2. The highest BCUT2D eigenvalue weighted by Crippen LogP contribution is 2.75. The van der Waals surface area contributed by atoms with Gasteiger partial charge in [0.25, 0.3) is 0 Å². The predicted octanol–water partition coefficient (Wildman–Crippen LogP) is 5.56. The van der Waals surface area contributed by atoms with E-state index in [-0.39, 0.29) is 41.4 Å². The number of allylic oxidation sites excluding steroid dienone is 2. The van der Waals surface area contributed by atoms with E-state index in [1.165, 1.54) is 16.7 Å². The average molecular weight is 667 g/mol. The molecule has 9 atom stereocenters. The van der Waals surface area contributed by atoms with E-state index in [1.807, 2.05) is 17.8 Å². The lowest BCUT2D eigenvalue weighted by Crippen LogP contribution is -2.67. The molecule has 2 spiro atoms. The first-order chi connectivity index (χ1) is 22.3. The van der Waals surface area contributed by atoms with Gasteiger partial charge in [-0.25, -0.2) is 0 Å². The fourth-order valence-corrected chi connectivity index (χ4v) is 15.1. The fourth-order valence-electron chi connectivity index (χ4n) is 11.7. The van der Waals surface area contributed by atoms with Crippen LogP contribution in [0.5, 0.6) is 0 Å². The number of aliphatic hydroxyl groups is 2. The van der Waals surface area contributed by atoms with Gasteiger partial charge in [0, 0.05) is 55.1 Å². The van der Waals surface area contributed by atoms with Crippen LogP contribution in [0.2, 0.25) is 0 Å². The summed E-state index contributed by atoms with van der Waals surface area (Å²) >= 11 is 0. The van der Waals surface area contributed by atoms with E-state index < -0.39 is 0 Å². The van der Waals surface area contributed by atoms with Crippen molar-refractivity contribution >= 4 is 33.3 Å². The van der Waals surface area contributed by atoms with Crippen molar-refractivity contribution in [3.63, 3.8) is 0 Å². The number of hydrogen-bond acceptors (Lipinski definition) is 9. The van der Waals surface area contributed by atoms with Crippen LogP contribution in [0.15, 0.2) is 40.4 Å². The van der Waals surface area contributed by atoms with Crippen molar-refractivity contribution in [2.75, 3.05) is 32.6 Å². The molecule has 6 aliphatic rings. The van der Waals surface area contributed by atoms with Gasteiger partial charge in [-0.1, -0.05) is 58.4 Å². The van der Waals surface area contributed by atoms with Crippen molar-refractivity contribution in [3.8, 4) is 0 Å². The minimum Gasteiger partial charge on any atom is -0.396 e. The maximum Gasteiger partial charge on any atom is 0.189 e. The number of aliphatic hydroxyl groups excluding tert-OH is 2. The summed E-state index contributed by atoms with van der Waals surface area (Å²) in [7, 11) is 6.13. The van der Waals surface area contributed by atoms with Gasteiger partial charge >= 0.3 is 0 Å². The molecule has 3 saturated carbocycles. The molecule has 0 radical (unpaired) electrons. The Labute approximate surface area is 283 Å². The summed E-state index contributed by atoms with van der Waals surface area (Å²) < 4.78 is 0.